The van der Waals surface area contributed by atoms with Crippen molar-refractivity contribution in [2.75, 3.05) is 13.6 Å². The summed E-state index contributed by atoms with van der Waals surface area (Å²) < 4.78 is 51.7. The zero-order chi connectivity index (χ0) is 15.5. The van der Waals surface area contributed by atoms with Crippen LogP contribution in [0.3, 0.4) is 0 Å². The van der Waals surface area contributed by atoms with Crippen LogP contribution < -0.4 is 5.32 Å². The van der Waals surface area contributed by atoms with Crippen LogP contribution in [-0.2, 0) is 14.8 Å². The number of hydrogen-bond donors (Lipinski definition) is 1. The Balaban J connectivity index is 3.02. The molecule has 5 nitrogen and oxygen atoms in total. The average Bonchev–Trinajstić information content (AvgIpc) is 2.26. The van der Waals surface area contributed by atoms with E-state index in [-0.39, 0.29) is 6.04 Å². The summed E-state index contributed by atoms with van der Waals surface area (Å²) in [5.41, 5.74) is 0. The molecular formula is C12H16F2N2O3S. The van der Waals surface area contributed by atoms with Crippen LogP contribution in [0.4, 0.5) is 8.78 Å². The lowest BCUT2D eigenvalue weighted by molar-refractivity contribution is -0.121. The second-order valence-corrected chi connectivity index (χ2v) is 6.52. The zero-order valence-electron chi connectivity index (χ0n) is 11.4. The van der Waals surface area contributed by atoms with Crippen molar-refractivity contribution in [1.82, 2.24) is 9.62 Å². The Morgan fingerprint density at radius 3 is 2.25 bits per heavy atom. The van der Waals surface area contributed by atoms with Crippen LogP contribution in [0, 0.1) is 11.6 Å². The van der Waals surface area contributed by atoms with Gasteiger partial charge >= 0.3 is 0 Å². The molecule has 0 heterocycles. The number of likely N-dealkylation sites (N-methyl/N-ethyl adjacent to an activating group) is 1. The molecule has 8 heteroatoms. The highest BCUT2D eigenvalue weighted by atomic mass is 32.2. The fourth-order valence-electron chi connectivity index (χ4n) is 1.54. The number of nitrogens with one attached hydrogen (secondary N) is 1. The predicted octanol–water partition coefficient (Wildman–Crippen LogP) is 1.11. The van der Waals surface area contributed by atoms with Crippen molar-refractivity contribution in [2.24, 2.45) is 0 Å². The summed E-state index contributed by atoms with van der Waals surface area (Å²) in [5, 5.41) is 2.49. The first kappa shape index (κ1) is 16.5. The Morgan fingerprint density at radius 1 is 1.30 bits per heavy atom. The number of benzene rings is 1. The lowest BCUT2D eigenvalue weighted by atomic mass is 10.3. The molecule has 112 valence electrons. The fourth-order valence-corrected chi connectivity index (χ4v) is 2.77. The molecule has 1 aromatic rings. The highest BCUT2D eigenvalue weighted by Gasteiger charge is 2.29. The summed E-state index contributed by atoms with van der Waals surface area (Å²) in [6.07, 6.45) is 0. The first-order valence-electron chi connectivity index (χ1n) is 5.86. The summed E-state index contributed by atoms with van der Waals surface area (Å²) in [7, 11) is -3.32. The number of sulfonamides is 1. The molecule has 0 unspecified atom stereocenters. The van der Waals surface area contributed by atoms with Crippen molar-refractivity contribution >= 4 is 15.9 Å². The molecule has 0 aliphatic carbocycles. The Kier molecular flexibility index (Phi) is 5.18. The molecule has 0 aliphatic heterocycles. The van der Waals surface area contributed by atoms with E-state index in [4.69, 9.17) is 0 Å². The molecule has 0 saturated carbocycles. The molecule has 1 N–H and O–H groups in total. The van der Waals surface area contributed by atoms with Gasteiger partial charge in [0.25, 0.3) is 0 Å². The molecular weight excluding hydrogens is 290 g/mol. The number of nitrogens with zero attached hydrogens (tertiary/aromatic N) is 1. The first-order valence-corrected chi connectivity index (χ1v) is 7.30. The molecule has 0 saturated heterocycles. The summed E-state index contributed by atoms with van der Waals surface area (Å²) in [6, 6.07) is 2.59. The van der Waals surface area contributed by atoms with E-state index in [2.05, 4.69) is 5.32 Å². The molecule has 0 fully saturated rings. The van der Waals surface area contributed by atoms with E-state index in [0.29, 0.717) is 4.31 Å². The van der Waals surface area contributed by atoms with Gasteiger partial charge in [0.05, 0.1) is 6.54 Å². The minimum absolute atomic E-state index is 0.163. The quantitative estimate of drug-likeness (QED) is 0.886. The van der Waals surface area contributed by atoms with Crippen LogP contribution in [0.2, 0.25) is 0 Å². The molecule has 0 aromatic heterocycles. The van der Waals surface area contributed by atoms with Gasteiger partial charge < -0.3 is 5.32 Å². The molecule has 0 aliphatic rings. The number of hydrogen-bond acceptors (Lipinski definition) is 3. The predicted molar refractivity (Wildman–Crippen MR) is 69.5 cm³/mol. The molecule has 0 atom stereocenters. The van der Waals surface area contributed by atoms with Crippen molar-refractivity contribution in [3.63, 3.8) is 0 Å². The van der Waals surface area contributed by atoms with Gasteiger partial charge in [-0.3, -0.25) is 4.79 Å². The van der Waals surface area contributed by atoms with E-state index < -0.39 is 39.0 Å². The number of carbonyl (C=O) groups excluding carboxylic acids is 1. The normalized spacial score (nSPS) is 11.9. The highest BCUT2D eigenvalue weighted by molar-refractivity contribution is 7.89. The molecule has 0 spiro atoms. The van der Waals surface area contributed by atoms with Gasteiger partial charge in [-0.15, -0.1) is 0 Å². The topological polar surface area (TPSA) is 66.5 Å². The van der Waals surface area contributed by atoms with Crippen LogP contribution in [-0.4, -0.2) is 38.3 Å². The smallest absolute Gasteiger partial charge is 0.249 e. The maximum absolute atomic E-state index is 13.5. The van der Waals surface area contributed by atoms with E-state index in [0.717, 1.165) is 25.2 Å². The van der Waals surface area contributed by atoms with Gasteiger partial charge in [-0.25, -0.2) is 17.2 Å². The van der Waals surface area contributed by atoms with Gasteiger partial charge in [0.2, 0.25) is 15.9 Å². The van der Waals surface area contributed by atoms with Crippen molar-refractivity contribution < 1.29 is 22.0 Å². The zero-order valence-corrected chi connectivity index (χ0v) is 12.2. The van der Waals surface area contributed by atoms with Gasteiger partial charge in [0, 0.05) is 13.1 Å². The highest BCUT2D eigenvalue weighted by Crippen LogP contribution is 2.21. The first-order chi connectivity index (χ1) is 9.16. The Hall–Kier alpha value is -1.54. The van der Waals surface area contributed by atoms with E-state index in [1.165, 1.54) is 0 Å². The van der Waals surface area contributed by atoms with Crippen LogP contribution >= 0.6 is 0 Å². The standard InChI is InChI=1S/C12H16F2N2O3S/c1-8(2)15-11(17)7-16(3)20(18,19)12-9(13)5-4-6-10(12)14/h4-6,8H,7H2,1-3H3,(H,15,17). The Bertz CT molecular complexity index is 582. The van der Waals surface area contributed by atoms with E-state index in [1.54, 1.807) is 13.8 Å². The monoisotopic (exact) mass is 306 g/mol. The number of halogens is 2. The Labute approximate surface area is 116 Å². The van der Waals surface area contributed by atoms with Crippen molar-refractivity contribution in [3.8, 4) is 0 Å². The van der Waals surface area contributed by atoms with Gasteiger partial charge in [0.15, 0.2) is 4.90 Å². The Morgan fingerprint density at radius 2 is 1.80 bits per heavy atom. The number of amides is 1. The lowest BCUT2D eigenvalue weighted by Crippen LogP contribution is -2.41. The molecule has 1 aromatic carbocycles. The molecule has 1 amide bonds. The SMILES string of the molecule is CC(C)NC(=O)CN(C)S(=O)(=O)c1c(F)cccc1F. The van der Waals surface area contributed by atoms with Crippen LogP contribution in [0.5, 0.6) is 0 Å². The largest absolute Gasteiger partial charge is 0.353 e. The number of rotatable bonds is 5. The fraction of sp³-hybridized carbons (Fsp3) is 0.417. The van der Waals surface area contributed by atoms with Gasteiger partial charge in [-0.1, -0.05) is 6.07 Å². The third-order valence-corrected chi connectivity index (χ3v) is 4.26. The van der Waals surface area contributed by atoms with Crippen molar-refractivity contribution in [1.29, 1.82) is 0 Å². The molecule has 1 rings (SSSR count). The minimum atomic E-state index is -4.41. The van der Waals surface area contributed by atoms with Crippen LogP contribution in [0.25, 0.3) is 0 Å². The summed E-state index contributed by atoms with van der Waals surface area (Å²) >= 11 is 0. The molecule has 0 bridgehead atoms. The van der Waals surface area contributed by atoms with E-state index in [9.17, 15) is 22.0 Å². The summed E-state index contributed by atoms with van der Waals surface area (Å²) in [6.45, 7) is 2.90. The lowest BCUT2D eigenvalue weighted by Gasteiger charge is -2.18. The average molecular weight is 306 g/mol. The summed E-state index contributed by atoms with van der Waals surface area (Å²) in [4.78, 5) is 10.5. The second kappa shape index (κ2) is 6.27. The van der Waals surface area contributed by atoms with E-state index >= 15 is 0 Å². The second-order valence-electron chi connectivity index (χ2n) is 4.53. The summed E-state index contributed by atoms with van der Waals surface area (Å²) in [5.74, 6) is -2.94. The van der Waals surface area contributed by atoms with E-state index in [1.807, 2.05) is 0 Å². The van der Waals surface area contributed by atoms with Crippen molar-refractivity contribution in [2.45, 2.75) is 24.8 Å². The maximum atomic E-state index is 13.5. The van der Waals surface area contributed by atoms with Gasteiger partial charge in [-0.05, 0) is 26.0 Å². The molecule has 20 heavy (non-hydrogen) atoms. The maximum Gasteiger partial charge on any atom is 0.249 e. The third-order valence-electron chi connectivity index (χ3n) is 2.40. The van der Waals surface area contributed by atoms with Crippen LogP contribution in [0.1, 0.15) is 13.8 Å². The minimum Gasteiger partial charge on any atom is -0.353 e. The number of carbonyl (C=O) groups is 1. The van der Waals surface area contributed by atoms with Gasteiger partial charge in [0.1, 0.15) is 11.6 Å². The van der Waals surface area contributed by atoms with Crippen molar-refractivity contribution in [3.05, 3.63) is 29.8 Å². The van der Waals surface area contributed by atoms with Gasteiger partial charge in [-0.2, -0.15) is 4.31 Å². The van der Waals surface area contributed by atoms with Crippen LogP contribution in [0.15, 0.2) is 23.1 Å². The third kappa shape index (κ3) is 3.73. The molecule has 0 radical (unpaired) electrons.